The number of carbonyl (C=O) groups excluding carboxylic acids is 5. The van der Waals surface area contributed by atoms with Gasteiger partial charge in [0, 0.05) is 6.54 Å². The van der Waals surface area contributed by atoms with Gasteiger partial charge in [0.15, 0.2) is 0 Å². The summed E-state index contributed by atoms with van der Waals surface area (Å²) in [6.07, 6.45) is 0.223. The van der Waals surface area contributed by atoms with Gasteiger partial charge in [-0.05, 0) is 61.4 Å². The van der Waals surface area contributed by atoms with Gasteiger partial charge in [0.25, 0.3) is 5.91 Å². The molecule has 0 saturated carbocycles. The molecule has 0 fully saturated rings. The molecule has 12 heteroatoms. The highest BCUT2D eigenvalue weighted by Gasteiger charge is 2.32. The highest BCUT2D eigenvalue weighted by Crippen LogP contribution is 2.19. The molecule has 2 aromatic rings. The van der Waals surface area contributed by atoms with Crippen molar-refractivity contribution in [2.75, 3.05) is 13.2 Å². The van der Waals surface area contributed by atoms with Crippen LogP contribution in [-0.4, -0.2) is 66.9 Å². The van der Waals surface area contributed by atoms with Crippen molar-refractivity contribution in [2.24, 2.45) is 11.8 Å². The van der Waals surface area contributed by atoms with E-state index in [0.29, 0.717) is 6.42 Å². The standard InChI is InChI=1S/C33H44FN5O6/c1-19(2)16-25-32(43)39-29(20(3)4)33(44)36-21(5)18-45-27-9-7-6-8-24(27)30(41)38-26(17-28(40)37-25)31(42)35-15-14-22-10-12-23(34)13-11-22/h6-13,19-21,25-26,29H,14-18H2,1-5H3,(H,35,42)(H,36,44)(H,37,40)(H,38,41)(H,39,43)/t21-,25-,26-,29+/m0/s1. The first-order valence-electron chi connectivity index (χ1n) is 15.3. The molecule has 0 aromatic heterocycles. The number of rotatable bonds is 7. The van der Waals surface area contributed by atoms with Crippen molar-refractivity contribution in [3.8, 4) is 5.75 Å². The first-order valence-corrected chi connectivity index (χ1v) is 15.3. The fraction of sp³-hybridized carbons (Fsp3) is 0.485. The van der Waals surface area contributed by atoms with E-state index in [1.54, 1.807) is 51.1 Å². The van der Waals surface area contributed by atoms with Gasteiger partial charge in [-0.3, -0.25) is 24.0 Å². The molecule has 0 spiro atoms. The third-order valence-corrected chi connectivity index (χ3v) is 7.25. The lowest BCUT2D eigenvalue weighted by Gasteiger charge is -2.27. The van der Waals surface area contributed by atoms with Crippen LogP contribution in [0.25, 0.3) is 0 Å². The van der Waals surface area contributed by atoms with Crippen molar-refractivity contribution in [1.29, 1.82) is 0 Å². The second-order valence-electron chi connectivity index (χ2n) is 12.1. The summed E-state index contributed by atoms with van der Waals surface area (Å²) in [6, 6.07) is 8.68. The molecule has 0 saturated heterocycles. The van der Waals surface area contributed by atoms with E-state index in [0.717, 1.165) is 5.56 Å². The normalized spacial score (nSPS) is 21.9. The molecule has 4 atom stereocenters. The number of carbonyl (C=O) groups is 5. The molecular formula is C33H44FN5O6. The van der Waals surface area contributed by atoms with Gasteiger partial charge < -0.3 is 31.3 Å². The Morgan fingerprint density at radius 1 is 0.933 bits per heavy atom. The number of hydrogen-bond acceptors (Lipinski definition) is 6. The predicted molar refractivity (Wildman–Crippen MR) is 167 cm³/mol. The van der Waals surface area contributed by atoms with Crippen LogP contribution in [0.1, 0.15) is 63.4 Å². The molecular weight excluding hydrogens is 581 g/mol. The van der Waals surface area contributed by atoms with E-state index in [2.05, 4.69) is 26.6 Å². The summed E-state index contributed by atoms with van der Waals surface area (Å²) in [4.78, 5) is 66.7. The largest absolute Gasteiger partial charge is 0.491 e. The van der Waals surface area contributed by atoms with Crippen molar-refractivity contribution < 1.29 is 33.1 Å². The zero-order valence-electron chi connectivity index (χ0n) is 26.4. The third-order valence-electron chi connectivity index (χ3n) is 7.25. The minimum Gasteiger partial charge on any atom is -0.491 e. The van der Waals surface area contributed by atoms with Gasteiger partial charge >= 0.3 is 0 Å². The van der Waals surface area contributed by atoms with Crippen LogP contribution < -0.4 is 31.3 Å². The molecule has 0 unspecified atom stereocenters. The van der Waals surface area contributed by atoms with Crippen molar-refractivity contribution >= 4 is 29.5 Å². The first kappa shape index (κ1) is 35.0. The molecule has 5 amide bonds. The summed E-state index contributed by atoms with van der Waals surface area (Å²) in [5.41, 5.74) is 0.933. The number of halogens is 1. The third kappa shape index (κ3) is 10.9. The molecule has 5 N–H and O–H groups in total. The van der Waals surface area contributed by atoms with Crippen LogP contribution in [0.4, 0.5) is 4.39 Å². The lowest BCUT2D eigenvalue weighted by atomic mass is 9.99. The van der Waals surface area contributed by atoms with Crippen molar-refractivity contribution in [1.82, 2.24) is 26.6 Å². The Morgan fingerprint density at radius 2 is 1.62 bits per heavy atom. The summed E-state index contributed by atoms with van der Waals surface area (Å²) in [5, 5.41) is 13.7. The van der Waals surface area contributed by atoms with Gasteiger partial charge in [-0.25, -0.2) is 4.39 Å². The zero-order valence-corrected chi connectivity index (χ0v) is 26.4. The first-order chi connectivity index (χ1) is 21.3. The van der Waals surface area contributed by atoms with E-state index in [-0.39, 0.29) is 48.5 Å². The predicted octanol–water partition coefficient (Wildman–Crippen LogP) is 2.24. The van der Waals surface area contributed by atoms with Gasteiger partial charge in [-0.1, -0.05) is 52.0 Å². The molecule has 3 rings (SSSR count). The van der Waals surface area contributed by atoms with Crippen LogP contribution in [-0.2, 0) is 25.6 Å². The Balaban J connectivity index is 1.90. The lowest BCUT2D eigenvalue weighted by molar-refractivity contribution is -0.134. The van der Waals surface area contributed by atoms with E-state index < -0.39 is 60.1 Å². The molecule has 11 nitrogen and oxygen atoms in total. The summed E-state index contributed by atoms with van der Waals surface area (Å²) < 4.78 is 19.2. The number of amides is 5. The number of ether oxygens (including phenoxy) is 1. The summed E-state index contributed by atoms with van der Waals surface area (Å²) in [5.74, 6) is -3.21. The summed E-state index contributed by atoms with van der Waals surface area (Å²) in [6.45, 7) is 9.33. The van der Waals surface area contributed by atoms with Crippen molar-refractivity contribution in [3.05, 3.63) is 65.5 Å². The second-order valence-corrected chi connectivity index (χ2v) is 12.1. The van der Waals surface area contributed by atoms with Gasteiger partial charge in [0.05, 0.1) is 18.0 Å². The fourth-order valence-electron chi connectivity index (χ4n) is 4.85. The molecule has 1 aliphatic rings. The molecule has 45 heavy (non-hydrogen) atoms. The molecule has 1 aliphatic heterocycles. The van der Waals surface area contributed by atoms with E-state index in [1.807, 2.05) is 13.8 Å². The quantitative estimate of drug-likeness (QED) is 0.318. The van der Waals surface area contributed by atoms with Crippen molar-refractivity contribution in [2.45, 2.75) is 78.0 Å². The Kier molecular flexibility index (Phi) is 12.9. The van der Waals surface area contributed by atoms with Crippen LogP contribution >= 0.6 is 0 Å². The van der Waals surface area contributed by atoms with Crippen LogP contribution in [0, 0.1) is 17.7 Å². The van der Waals surface area contributed by atoms with E-state index >= 15 is 0 Å². The number of fused-ring (bicyclic) bond motifs is 1. The van der Waals surface area contributed by atoms with Gasteiger partial charge in [0.1, 0.15) is 36.3 Å². The zero-order chi connectivity index (χ0) is 33.1. The smallest absolute Gasteiger partial charge is 0.255 e. The minimum absolute atomic E-state index is 0.0143. The van der Waals surface area contributed by atoms with Crippen LogP contribution in [0.5, 0.6) is 5.75 Å². The lowest BCUT2D eigenvalue weighted by Crippen LogP contribution is -2.57. The Morgan fingerprint density at radius 3 is 2.29 bits per heavy atom. The Bertz CT molecular complexity index is 1350. The van der Waals surface area contributed by atoms with Crippen LogP contribution in [0.15, 0.2) is 48.5 Å². The second kappa shape index (κ2) is 16.6. The molecule has 0 radical (unpaired) electrons. The maximum Gasteiger partial charge on any atom is 0.255 e. The highest BCUT2D eigenvalue weighted by molar-refractivity contribution is 6.01. The molecule has 2 aromatic carbocycles. The summed E-state index contributed by atoms with van der Waals surface area (Å²) in [7, 11) is 0. The van der Waals surface area contributed by atoms with Crippen molar-refractivity contribution in [3.63, 3.8) is 0 Å². The van der Waals surface area contributed by atoms with Gasteiger partial charge in [-0.15, -0.1) is 0 Å². The topological polar surface area (TPSA) is 155 Å². The Hall–Kier alpha value is -4.48. The summed E-state index contributed by atoms with van der Waals surface area (Å²) >= 11 is 0. The maximum atomic E-state index is 13.4. The van der Waals surface area contributed by atoms with E-state index in [9.17, 15) is 28.4 Å². The highest BCUT2D eigenvalue weighted by atomic mass is 19.1. The molecule has 0 bridgehead atoms. The number of para-hydroxylation sites is 1. The average Bonchev–Trinajstić information content (AvgIpc) is 2.98. The SMILES string of the molecule is CC(C)C[C@@H]1NC(=O)C[C@@H](C(=O)NCCc2ccc(F)cc2)NC(=O)c2ccccc2OC[C@H](C)NC(=O)[C@@H](C(C)C)NC1=O. The molecule has 1 heterocycles. The van der Waals surface area contributed by atoms with Crippen LogP contribution in [0.2, 0.25) is 0 Å². The number of hydrogen-bond donors (Lipinski definition) is 5. The van der Waals surface area contributed by atoms with Gasteiger partial charge in [-0.2, -0.15) is 0 Å². The molecule has 0 aliphatic carbocycles. The maximum absolute atomic E-state index is 13.4. The number of benzene rings is 2. The Labute approximate surface area is 263 Å². The number of nitrogens with one attached hydrogen (secondary N) is 5. The monoisotopic (exact) mass is 625 g/mol. The fourth-order valence-corrected chi connectivity index (χ4v) is 4.85. The van der Waals surface area contributed by atoms with E-state index in [4.69, 9.17) is 4.74 Å². The minimum atomic E-state index is -1.29. The van der Waals surface area contributed by atoms with Gasteiger partial charge in [0.2, 0.25) is 23.6 Å². The average molecular weight is 626 g/mol. The molecule has 244 valence electrons. The van der Waals surface area contributed by atoms with Crippen LogP contribution in [0.3, 0.4) is 0 Å². The van der Waals surface area contributed by atoms with E-state index in [1.165, 1.54) is 18.2 Å².